The van der Waals surface area contributed by atoms with Gasteiger partial charge in [0.15, 0.2) is 6.04 Å². The maximum atomic E-state index is 13.8. The Balaban J connectivity index is 3.77. The molecular weight excluding hydrogens is 412 g/mol. The third kappa shape index (κ3) is 7.04. The molecule has 0 saturated carbocycles. The summed E-state index contributed by atoms with van der Waals surface area (Å²) in [7, 11) is 0. The molecule has 0 aliphatic carbocycles. The molecule has 184 valence electrons. The van der Waals surface area contributed by atoms with Crippen LogP contribution in [0.15, 0.2) is 12.2 Å². The Hall–Kier alpha value is -1.93. The number of carbonyl (C=O) groups is 3. The van der Waals surface area contributed by atoms with E-state index in [-0.39, 0.29) is 18.4 Å². The maximum absolute atomic E-state index is 13.8. The molecular formula is C24H43N2O6+. The Labute approximate surface area is 192 Å². The highest BCUT2D eigenvalue weighted by atomic mass is 16.6. The topological polar surface area (TPSA) is 102 Å². The van der Waals surface area contributed by atoms with E-state index in [1.54, 1.807) is 55.4 Å². The van der Waals surface area contributed by atoms with Gasteiger partial charge in [-0.15, -0.1) is 0 Å². The average molecular weight is 456 g/mol. The van der Waals surface area contributed by atoms with Crippen LogP contribution in [0.1, 0.15) is 75.7 Å². The molecule has 0 aromatic rings. The minimum Gasteiger partial charge on any atom is -0.456 e. The lowest BCUT2D eigenvalue weighted by Gasteiger charge is -2.44. The van der Waals surface area contributed by atoms with Crippen molar-refractivity contribution in [2.45, 2.75) is 105 Å². The van der Waals surface area contributed by atoms with Crippen molar-refractivity contribution in [2.75, 3.05) is 6.54 Å². The molecule has 0 radical (unpaired) electrons. The number of amides is 2. The first-order valence-corrected chi connectivity index (χ1v) is 11.4. The van der Waals surface area contributed by atoms with Crippen molar-refractivity contribution < 1.29 is 33.4 Å². The number of ether oxygens (including phenoxy) is 2. The molecule has 0 aromatic carbocycles. The van der Waals surface area contributed by atoms with Gasteiger partial charge in [-0.05, 0) is 54.4 Å². The molecule has 1 aliphatic rings. The molecule has 0 spiro atoms. The maximum Gasteiger partial charge on any atom is 0.519 e. The highest BCUT2D eigenvalue weighted by Crippen LogP contribution is 2.39. The first-order valence-electron chi connectivity index (χ1n) is 11.4. The Morgan fingerprint density at radius 3 is 2.00 bits per heavy atom. The molecule has 1 fully saturated rings. The van der Waals surface area contributed by atoms with Crippen LogP contribution in [0.3, 0.4) is 0 Å². The summed E-state index contributed by atoms with van der Waals surface area (Å²) < 4.78 is 10.9. The fourth-order valence-corrected chi connectivity index (χ4v) is 4.15. The van der Waals surface area contributed by atoms with Crippen LogP contribution in [0.5, 0.6) is 0 Å². The number of carbonyl (C=O) groups excluding carboxylic acids is 3. The van der Waals surface area contributed by atoms with Crippen molar-refractivity contribution in [1.82, 2.24) is 5.32 Å². The lowest BCUT2D eigenvalue weighted by atomic mass is 10.0. The summed E-state index contributed by atoms with van der Waals surface area (Å²) in [6.45, 7) is 17.5. The largest absolute Gasteiger partial charge is 0.519 e. The van der Waals surface area contributed by atoms with Gasteiger partial charge in [-0.1, -0.05) is 26.0 Å². The van der Waals surface area contributed by atoms with Crippen molar-refractivity contribution >= 4 is 18.0 Å². The standard InChI is InChI=1S/C24H42N2O6/c1-11-12-17-13-18(21(29)31-23(5,6)7)26(14-17,22(30)32-24(8,9)10)20(25-16(4)27)19(28)15(2)3/h11-12,15,17-20,28H,13-14H2,1-10H3/p+1/t17-,18-,19-,20-,26-/m1/s1. The van der Waals surface area contributed by atoms with Crippen molar-refractivity contribution in [2.24, 2.45) is 11.8 Å². The van der Waals surface area contributed by atoms with Gasteiger partial charge in [0.05, 0.1) is 6.54 Å². The number of allylic oxidation sites excluding steroid dienone is 1. The summed E-state index contributed by atoms with van der Waals surface area (Å²) in [5.74, 6) is -1.39. The Morgan fingerprint density at radius 2 is 1.59 bits per heavy atom. The summed E-state index contributed by atoms with van der Waals surface area (Å²) in [6.07, 6.45) is 1.31. The van der Waals surface area contributed by atoms with E-state index < -0.39 is 52.0 Å². The summed E-state index contributed by atoms with van der Waals surface area (Å²) >= 11 is 0. The summed E-state index contributed by atoms with van der Waals surface area (Å²) in [4.78, 5) is 39.4. The number of hydrogen-bond donors (Lipinski definition) is 2. The third-order valence-electron chi connectivity index (χ3n) is 5.35. The Kier molecular flexibility index (Phi) is 9.08. The van der Waals surface area contributed by atoms with Gasteiger partial charge in [-0.25, -0.2) is 4.79 Å². The zero-order chi connectivity index (χ0) is 25.1. The van der Waals surface area contributed by atoms with Crippen LogP contribution in [0.4, 0.5) is 4.79 Å². The number of esters is 1. The quantitative estimate of drug-likeness (QED) is 0.361. The van der Waals surface area contributed by atoms with Gasteiger partial charge < -0.3 is 19.9 Å². The molecule has 32 heavy (non-hydrogen) atoms. The van der Waals surface area contributed by atoms with Gasteiger partial charge in [0.1, 0.15) is 17.3 Å². The monoisotopic (exact) mass is 455 g/mol. The van der Waals surface area contributed by atoms with E-state index >= 15 is 0 Å². The van der Waals surface area contributed by atoms with Crippen molar-refractivity contribution in [3.63, 3.8) is 0 Å². The van der Waals surface area contributed by atoms with Gasteiger partial charge in [0.25, 0.3) is 0 Å². The van der Waals surface area contributed by atoms with Crippen LogP contribution in [0.25, 0.3) is 0 Å². The fourth-order valence-electron chi connectivity index (χ4n) is 4.15. The molecule has 1 saturated heterocycles. The second kappa shape index (κ2) is 10.3. The normalized spacial score (nSPS) is 26.1. The van der Waals surface area contributed by atoms with Crippen LogP contribution >= 0.6 is 0 Å². The number of nitrogens with one attached hydrogen (secondary N) is 1. The number of quaternary nitrogens is 1. The fraction of sp³-hybridized carbons (Fsp3) is 0.792. The number of hydrogen-bond acceptors (Lipinski definition) is 6. The van der Waals surface area contributed by atoms with E-state index in [4.69, 9.17) is 9.47 Å². The molecule has 2 N–H and O–H groups in total. The van der Waals surface area contributed by atoms with Crippen molar-refractivity contribution in [3.8, 4) is 0 Å². The Bertz CT molecular complexity index is 719. The van der Waals surface area contributed by atoms with E-state index in [0.29, 0.717) is 6.42 Å². The Morgan fingerprint density at radius 1 is 1.06 bits per heavy atom. The molecule has 8 heteroatoms. The molecule has 2 amide bonds. The average Bonchev–Trinajstić information content (AvgIpc) is 2.96. The van der Waals surface area contributed by atoms with Gasteiger partial charge in [0.2, 0.25) is 12.1 Å². The van der Waals surface area contributed by atoms with E-state index in [0.717, 1.165) is 0 Å². The predicted octanol–water partition coefficient (Wildman–Crippen LogP) is 3.52. The SMILES string of the molecule is CC=C[C@@H]1C[C@H](C(=O)OC(C)(C)C)[N@@+](C(=O)OC(C)(C)C)([C@@H](NC(C)=O)[C@H](O)C(C)C)C1. The first kappa shape index (κ1) is 28.1. The van der Waals surface area contributed by atoms with Gasteiger partial charge in [-0.2, -0.15) is 9.28 Å². The molecule has 8 nitrogen and oxygen atoms in total. The summed E-state index contributed by atoms with van der Waals surface area (Å²) in [5.41, 5.74) is -1.59. The minimum atomic E-state index is -1.10. The lowest BCUT2D eigenvalue weighted by molar-refractivity contribution is -0.895. The van der Waals surface area contributed by atoms with Crippen molar-refractivity contribution in [1.29, 1.82) is 0 Å². The zero-order valence-electron chi connectivity index (χ0n) is 21.4. The molecule has 1 aliphatic heterocycles. The van der Waals surface area contributed by atoms with Crippen LogP contribution in [0, 0.1) is 11.8 Å². The van der Waals surface area contributed by atoms with Crippen LogP contribution in [-0.4, -0.2) is 63.6 Å². The predicted molar refractivity (Wildman–Crippen MR) is 122 cm³/mol. The number of aliphatic hydroxyl groups is 1. The summed E-state index contributed by atoms with van der Waals surface area (Å²) in [5, 5.41) is 13.9. The molecule has 0 aromatic heterocycles. The number of likely N-dealkylation sites (tertiary alicyclic amines) is 1. The third-order valence-corrected chi connectivity index (χ3v) is 5.35. The van der Waals surface area contributed by atoms with Crippen LogP contribution in [-0.2, 0) is 19.1 Å². The number of nitrogens with zero attached hydrogens (tertiary/aromatic N) is 1. The van der Waals surface area contributed by atoms with E-state index in [2.05, 4.69) is 5.32 Å². The van der Waals surface area contributed by atoms with Gasteiger partial charge >= 0.3 is 12.1 Å². The molecule has 0 unspecified atom stereocenters. The molecule has 1 heterocycles. The second-order valence-electron chi connectivity index (χ2n) is 11.0. The minimum absolute atomic E-state index is 0.138. The zero-order valence-corrected chi connectivity index (χ0v) is 21.4. The molecule has 1 rings (SSSR count). The summed E-state index contributed by atoms with van der Waals surface area (Å²) in [6, 6.07) is -0.949. The first-order chi connectivity index (χ1) is 14.4. The van der Waals surface area contributed by atoms with Gasteiger partial charge in [-0.3, -0.25) is 4.79 Å². The lowest BCUT2D eigenvalue weighted by Crippen LogP contribution is -2.73. The van der Waals surface area contributed by atoms with E-state index in [1.165, 1.54) is 6.92 Å². The van der Waals surface area contributed by atoms with E-state index in [1.807, 2.05) is 19.1 Å². The number of rotatable bonds is 6. The highest BCUT2D eigenvalue weighted by Gasteiger charge is 2.64. The van der Waals surface area contributed by atoms with Crippen LogP contribution < -0.4 is 5.32 Å². The molecule has 5 atom stereocenters. The van der Waals surface area contributed by atoms with Crippen molar-refractivity contribution in [3.05, 3.63) is 12.2 Å². The van der Waals surface area contributed by atoms with Gasteiger partial charge in [0, 0.05) is 19.3 Å². The second-order valence-corrected chi connectivity index (χ2v) is 11.0. The smallest absolute Gasteiger partial charge is 0.456 e. The molecule has 0 bridgehead atoms. The highest BCUT2D eigenvalue weighted by molar-refractivity contribution is 5.79. The van der Waals surface area contributed by atoms with Crippen LogP contribution in [0.2, 0.25) is 0 Å². The van der Waals surface area contributed by atoms with E-state index in [9.17, 15) is 19.5 Å². The number of aliphatic hydroxyl groups excluding tert-OH is 1.